The van der Waals surface area contributed by atoms with Crippen LogP contribution in [0.25, 0.3) is 0 Å². The highest BCUT2D eigenvalue weighted by Crippen LogP contribution is 2.11. The van der Waals surface area contributed by atoms with E-state index >= 15 is 0 Å². The van der Waals surface area contributed by atoms with Gasteiger partial charge in [0, 0.05) is 0 Å². The molecule has 7 nitrogen and oxygen atoms in total. The summed E-state index contributed by atoms with van der Waals surface area (Å²) in [6.07, 6.45) is -1.23. The van der Waals surface area contributed by atoms with Gasteiger partial charge in [-0.1, -0.05) is 18.2 Å². The summed E-state index contributed by atoms with van der Waals surface area (Å²) in [4.78, 5) is 11.1. The molecule has 1 N–H and O–H groups in total. The van der Waals surface area contributed by atoms with Crippen molar-refractivity contribution in [1.82, 2.24) is 4.72 Å². The number of hydrogen-bond acceptors (Lipinski definition) is 6. The minimum absolute atomic E-state index is 0.0205. The number of epoxide rings is 1. The largest absolute Gasteiger partial charge is 0.446 e. The molecule has 1 aromatic rings. The molecule has 1 unspecified atom stereocenters. The van der Waals surface area contributed by atoms with E-state index in [9.17, 15) is 13.2 Å². The second-order valence-corrected chi connectivity index (χ2v) is 4.79. The number of carbonyl (C=O) groups is 1. The van der Waals surface area contributed by atoms with Crippen molar-refractivity contribution in [2.24, 2.45) is 0 Å². The minimum Gasteiger partial charge on any atom is -0.446 e. The maximum Gasteiger partial charge on any atom is 0.423 e. The molecule has 0 saturated carbocycles. The van der Waals surface area contributed by atoms with Crippen LogP contribution in [0, 0.1) is 0 Å². The van der Waals surface area contributed by atoms with Gasteiger partial charge in [0.1, 0.15) is 18.5 Å². The third-order valence-corrected chi connectivity index (χ3v) is 2.79. The number of nitrogens with one attached hydrogen (secondary N) is 1. The molecule has 1 fully saturated rings. The van der Waals surface area contributed by atoms with Crippen LogP contribution in [-0.2, 0) is 19.8 Å². The standard InChI is InChI=1S/C10H11NO6S/c12-10(16-7-9-6-15-9)11-18(13,14)17-8-4-2-1-3-5-8/h1-5,9H,6-7H2,(H,11,12). The smallest absolute Gasteiger partial charge is 0.423 e. The second-order valence-electron chi connectivity index (χ2n) is 3.51. The molecular weight excluding hydrogens is 262 g/mol. The van der Waals surface area contributed by atoms with Crippen LogP contribution >= 0.6 is 0 Å². The monoisotopic (exact) mass is 273 g/mol. The van der Waals surface area contributed by atoms with Crippen LogP contribution in [0.1, 0.15) is 0 Å². The number of hydrogen-bond donors (Lipinski definition) is 1. The van der Waals surface area contributed by atoms with Gasteiger partial charge in [0.2, 0.25) is 0 Å². The highest BCUT2D eigenvalue weighted by atomic mass is 32.2. The van der Waals surface area contributed by atoms with Crippen LogP contribution in [-0.4, -0.2) is 33.8 Å². The lowest BCUT2D eigenvalue weighted by molar-refractivity contribution is 0.141. The van der Waals surface area contributed by atoms with Gasteiger partial charge in [0.15, 0.2) is 0 Å². The summed E-state index contributed by atoms with van der Waals surface area (Å²) in [6, 6.07) is 7.81. The van der Waals surface area contributed by atoms with Crippen LogP contribution in [0.5, 0.6) is 5.75 Å². The Kier molecular flexibility index (Phi) is 3.68. The quantitative estimate of drug-likeness (QED) is 0.782. The topological polar surface area (TPSA) is 94.2 Å². The normalized spacial score (nSPS) is 17.9. The summed E-state index contributed by atoms with van der Waals surface area (Å²) in [5.74, 6) is 0.100. The third kappa shape index (κ3) is 4.22. The average Bonchev–Trinajstić information content (AvgIpc) is 3.10. The zero-order chi connectivity index (χ0) is 13.0. The summed E-state index contributed by atoms with van der Waals surface area (Å²) in [5.41, 5.74) is 0. The number of rotatable bonds is 5. The molecular formula is C10H11NO6S. The lowest BCUT2D eigenvalue weighted by atomic mass is 10.3. The van der Waals surface area contributed by atoms with E-state index in [-0.39, 0.29) is 18.5 Å². The van der Waals surface area contributed by atoms with Gasteiger partial charge in [-0.25, -0.2) is 4.79 Å². The number of benzene rings is 1. The molecule has 1 saturated heterocycles. The van der Waals surface area contributed by atoms with Crippen LogP contribution in [0.4, 0.5) is 4.79 Å². The average molecular weight is 273 g/mol. The van der Waals surface area contributed by atoms with Crippen LogP contribution in [0.3, 0.4) is 0 Å². The van der Waals surface area contributed by atoms with Crippen LogP contribution in [0.2, 0.25) is 0 Å². The molecule has 0 bridgehead atoms. The SMILES string of the molecule is O=C(NS(=O)(=O)Oc1ccccc1)OCC1CO1. The van der Waals surface area contributed by atoms with Gasteiger partial charge in [0.05, 0.1) is 6.61 Å². The minimum atomic E-state index is -4.23. The van der Waals surface area contributed by atoms with E-state index in [0.29, 0.717) is 6.61 Å². The van der Waals surface area contributed by atoms with Crippen molar-refractivity contribution in [2.75, 3.05) is 13.2 Å². The molecule has 2 rings (SSSR count). The Morgan fingerprint density at radius 3 is 2.67 bits per heavy atom. The molecule has 1 aliphatic heterocycles. The molecule has 8 heteroatoms. The maximum absolute atomic E-state index is 11.4. The molecule has 0 aliphatic carbocycles. The Labute approximate surface area is 104 Å². The van der Waals surface area contributed by atoms with E-state index in [2.05, 4.69) is 8.92 Å². The van der Waals surface area contributed by atoms with Crippen LogP contribution < -0.4 is 8.91 Å². The summed E-state index contributed by atoms with van der Waals surface area (Å²) < 4.78 is 38.5. The van der Waals surface area contributed by atoms with Gasteiger partial charge < -0.3 is 13.7 Å². The fourth-order valence-electron chi connectivity index (χ4n) is 1.09. The van der Waals surface area contributed by atoms with E-state index in [0.717, 1.165) is 0 Å². The predicted molar refractivity (Wildman–Crippen MR) is 60.2 cm³/mol. The molecule has 98 valence electrons. The van der Waals surface area contributed by atoms with Crippen LogP contribution in [0.15, 0.2) is 30.3 Å². The molecule has 1 heterocycles. The molecule has 1 amide bonds. The van der Waals surface area contributed by atoms with E-state index < -0.39 is 16.4 Å². The Morgan fingerprint density at radius 1 is 1.39 bits per heavy atom. The summed E-state index contributed by atoms with van der Waals surface area (Å²) in [6.45, 7) is 0.535. The first-order valence-corrected chi connectivity index (χ1v) is 6.51. The van der Waals surface area contributed by atoms with Gasteiger partial charge in [-0.2, -0.15) is 13.1 Å². The van der Waals surface area contributed by atoms with Gasteiger partial charge >= 0.3 is 16.4 Å². The first-order chi connectivity index (χ1) is 8.55. The Hall–Kier alpha value is -1.80. The summed E-state index contributed by atoms with van der Waals surface area (Å²) >= 11 is 0. The van der Waals surface area contributed by atoms with Crippen molar-refractivity contribution < 1.29 is 26.9 Å². The summed E-state index contributed by atoms with van der Waals surface area (Å²) in [5, 5.41) is 0. The number of carbonyl (C=O) groups excluding carboxylic acids is 1. The summed E-state index contributed by atoms with van der Waals surface area (Å²) in [7, 11) is -4.23. The van der Waals surface area contributed by atoms with Crippen molar-refractivity contribution in [3.05, 3.63) is 30.3 Å². The maximum atomic E-state index is 11.4. The molecule has 1 atom stereocenters. The highest BCUT2D eigenvalue weighted by Gasteiger charge is 2.25. The van der Waals surface area contributed by atoms with Gasteiger partial charge in [-0.3, -0.25) is 0 Å². The Morgan fingerprint density at radius 2 is 2.06 bits per heavy atom. The number of para-hydroxylation sites is 1. The van der Waals surface area contributed by atoms with Crippen molar-refractivity contribution >= 4 is 16.4 Å². The van der Waals surface area contributed by atoms with E-state index in [1.165, 1.54) is 12.1 Å². The van der Waals surface area contributed by atoms with E-state index in [1.54, 1.807) is 22.9 Å². The van der Waals surface area contributed by atoms with E-state index in [1.807, 2.05) is 0 Å². The van der Waals surface area contributed by atoms with Crippen molar-refractivity contribution in [1.29, 1.82) is 0 Å². The Balaban J connectivity index is 1.84. The second kappa shape index (κ2) is 5.23. The molecule has 0 aromatic heterocycles. The first-order valence-electron chi connectivity index (χ1n) is 5.11. The fraction of sp³-hybridized carbons (Fsp3) is 0.300. The van der Waals surface area contributed by atoms with Gasteiger partial charge in [-0.05, 0) is 12.1 Å². The lowest BCUT2D eigenvalue weighted by Crippen LogP contribution is -2.35. The van der Waals surface area contributed by atoms with Crippen molar-refractivity contribution in [3.63, 3.8) is 0 Å². The van der Waals surface area contributed by atoms with E-state index in [4.69, 9.17) is 4.74 Å². The predicted octanol–water partition coefficient (Wildman–Crippen LogP) is 0.435. The van der Waals surface area contributed by atoms with Gasteiger partial charge in [0.25, 0.3) is 0 Å². The highest BCUT2D eigenvalue weighted by molar-refractivity contribution is 7.85. The zero-order valence-electron chi connectivity index (χ0n) is 9.24. The number of ether oxygens (including phenoxy) is 2. The van der Waals surface area contributed by atoms with Crippen molar-refractivity contribution in [2.45, 2.75) is 6.10 Å². The zero-order valence-corrected chi connectivity index (χ0v) is 10.1. The van der Waals surface area contributed by atoms with Gasteiger partial charge in [-0.15, -0.1) is 0 Å². The van der Waals surface area contributed by atoms with Crippen molar-refractivity contribution in [3.8, 4) is 5.75 Å². The molecule has 1 aliphatic rings. The first kappa shape index (κ1) is 12.7. The molecule has 18 heavy (non-hydrogen) atoms. The Bertz CT molecular complexity index is 510. The molecule has 0 radical (unpaired) electrons. The lowest BCUT2D eigenvalue weighted by Gasteiger charge is -2.07. The third-order valence-electron chi connectivity index (χ3n) is 1.96. The number of amides is 1. The fourth-order valence-corrected chi connectivity index (χ4v) is 1.76. The molecule has 0 spiro atoms. The molecule has 1 aromatic carbocycles.